The molecule has 108 valence electrons. The van der Waals surface area contributed by atoms with E-state index in [1.54, 1.807) is 0 Å². The molecular formula is C9H5ClF6O2S. The number of benzene rings is 1. The maximum absolute atomic E-state index is 12.7. The molecule has 0 radical (unpaired) electrons. The first-order valence-electron chi connectivity index (χ1n) is 4.49. The first-order valence-corrected chi connectivity index (χ1v) is 6.80. The molecule has 0 amide bonds. The molecule has 0 N–H and O–H groups in total. The van der Waals surface area contributed by atoms with E-state index in [9.17, 15) is 34.8 Å². The second-order valence-corrected chi connectivity index (χ2v) is 6.07. The average molecular weight is 327 g/mol. The molecule has 1 aromatic rings. The molecule has 1 aromatic carbocycles. The van der Waals surface area contributed by atoms with Crippen LogP contribution in [0.4, 0.5) is 26.3 Å². The molecule has 0 fully saturated rings. The van der Waals surface area contributed by atoms with Crippen molar-refractivity contribution in [2.75, 3.05) is 0 Å². The van der Waals surface area contributed by atoms with Crippen LogP contribution >= 0.6 is 10.7 Å². The van der Waals surface area contributed by atoms with Gasteiger partial charge in [0.25, 0.3) is 9.05 Å². The van der Waals surface area contributed by atoms with Gasteiger partial charge >= 0.3 is 12.4 Å². The van der Waals surface area contributed by atoms with Crippen molar-refractivity contribution >= 4 is 19.7 Å². The number of halogens is 7. The summed E-state index contributed by atoms with van der Waals surface area (Å²) < 4.78 is 98.1. The smallest absolute Gasteiger partial charge is 0.207 e. The lowest BCUT2D eigenvalue weighted by molar-refractivity contribution is -0.147. The zero-order valence-corrected chi connectivity index (χ0v) is 10.6. The summed E-state index contributed by atoms with van der Waals surface area (Å²) in [5.74, 6) is 0. The summed E-state index contributed by atoms with van der Waals surface area (Å²) in [7, 11) is -0.496. The van der Waals surface area contributed by atoms with Crippen molar-refractivity contribution in [1.29, 1.82) is 0 Å². The SMILES string of the molecule is Cc1ccc(C(F)(F)F)c(S(=O)(=O)Cl)c1C(F)(F)F. The molecule has 0 bridgehead atoms. The Morgan fingerprint density at radius 3 is 1.79 bits per heavy atom. The summed E-state index contributed by atoms with van der Waals surface area (Å²) in [4.78, 5) is -1.96. The predicted molar refractivity (Wildman–Crippen MR) is 54.2 cm³/mol. The Morgan fingerprint density at radius 1 is 1.00 bits per heavy atom. The van der Waals surface area contributed by atoms with Crippen LogP contribution in [0, 0.1) is 6.92 Å². The third-order valence-electron chi connectivity index (χ3n) is 2.20. The van der Waals surface area contributed by atoms with E-state index in [1.165, 1.54) is 0 Å². The fraction of sp³-hybridized carbons (Fsp3) is 0.333. The fourth-order valence-corrected chi connectivity index (χ4v) is 2.96. The van der Waals surface area contributed by atoms with E-state index in [2.05, 4.69) is 0 Å². The van der Waals surface area contributed by atoms with Gasteiger partial charge in [0.2, 0.25) is 0 Å². The lowest BCUT2D eigenvalue weighted by Gasteiger charge is -2.18. The summed E-state index contributed by atoms with van der Waals surface area (Å²) in [5, 5.41) is 0. The predicted octanol–water partition coefficient (Wildman–Crippen LogP) is 3.96. The molecule has 2 nitrogen and oxygen atoms in total. The molecule has 0 atom stereocenters. The normalized spacial score (nSPS) is 13.7. The van der Waals surface area contributed by atoms with Crippen LogP contribution in [-0.2, 0) is 21.4 Å². The fourth-order valence-electron chi connectivity index (χ4n) is 1.51. The van der Waals surface area contributed by atoms with Crippen molar-refractivity contribution in [3.8, 4) is 0 Å². The van der Waals surface area contributed by atoms with Gasteiger partial charge in [-0.25, -0.2) is 8.42 Å². The molecule has 0 aliphatic rings. The van der Waals surface area contributed by atoms with Crippen LogP contribution in [0.15, 0.2) is 17.0 Å². The van der Waals surface area contributed by atoms with E-state index in [1.807, 2.05) is 0 Å². The van der Waals surface area contributed by atoms with E-state index >= 15 is 0 Å². The highest BCUT2D eigenvalue weighted by atomic mass is 35.7. The Hall–Kier alpha value is -0.960. The van der Waals surface area contributed by atoms with Crippen LogP contribution in [0.25, 0.3) is 0 Å². The Bertz CT molecular complexity index is 602. The number of hydrogen-bond donors (Lipinski definition) is 0. The van der Waals surface area contributed by atoms with Gasteiger partial charge in [-0.2, -0.15) is 26.3 Å². The molecule has 0 aliphatic heterocycles. The van der Waals surface area contributed by atoms with E-state index in [-0.39, 0.29) is 6.07 Å². The topological polar surface area (TPSA) is 34.1 Å². The van der Waals surface area contributed by atoms with Gasteiger partial charge in [-0.3, -0.25) is 0 Å². The Balaban J connectivity index is 3.94. The monoisotopic (exact) mass is 326 g/mol. The van der Waals surface area contributed by atoms with E-state index in [4.69, 9.17) is 10.7 Å². The lowest BCUT2D eigenvalue weighted by Crippen LogP contribution is -2.19. The second kappa shape index (κ2) is 4.55. The van der Waals surface area contributed by atoms with Crippen LogP contribution in [-0.4, -0.2) is 8.42 Å². The standard InChI is InChI=1S/C9H5ClF6O2S/c1-4-2-3-5(8(11,12)13)7(19(10,17)18)6(4)9(14,15)16/h2-3H,1H3. The molecular weight excluding hydrogens is 322 g/mol. The number of rotatable bonds is 1. The number of aryl methyl sites for hydroxylation is 1. The van der Waals surface area contributed by atoms with Gasteiger partial charge in [-0.1, -0.05) is 6.07 Å². The van der Waals surface area contributed by atoms with E-state index in [0.29, 0.717) is 6.07 Å². The van der Waals surface area contributed by atoms with Crippen molar-refractivity contribution in [1.82, 2.24) is 0 Å². The van der Waals surface area contributed by atoms with Gasteiger partial charge in [-0.15, -0.1) is 0 Å². The molecule has 0 unspecified atom stereocenters. The highest BCUT2D eigenvalue weighted by Crippen LogP contribution is 2.44. The molecule has 19 heavy (non-hydrogen) atoms. The zero-order chi connectivity index (χ0) is 15.2. The molecule has 0 heterocycles. The Labute approximate surface area is 108 Å². The molecule has 0 spiro atoms. The van der Waals surface area contributed by atoms with Gasteiger partial charge in [0, 0.05) is 10.7 Å². The molecule has 0 saturated heterocycles. The van der Waals surface area contributed by atoms with Gasteiger partial charge in [0.05, 0.1) is 11.1 Å². The first kappa shape index (κ1) is 16.1. The minimum atomic E-state index is -5.28. The van der Waals surface area contributed by atoms with E-state index < -0.39 is 43.0 Å². The summed E-state index contributed by atoms with van der Waals surface area (Å²) in [6.07, 6.45) is -10.5. The van der Waals surface area contributed by atoms with Crippen molar-refractivity contribution < 1.29 is 34.8 Å². The van der Waals surface area contributed by atoms with Crippen LogP contribution in [0.3, 0.4) is 0 Å². The summed E-state index contributed by atoms with van der Waals surface area (Å²) in [5.41, 5.74) is -4.52. The van der Waals surface area contributed by atoms with Gasteiger partial charge in [-0.05, 0) is 18.6 Å². The maximum Gasteiger partial charge on any atom is 0.417 e. The minimum Gasteiger partial charge on any atom is -0.207 e. The van der Waals surface area contributed by atoms with Crippen molar-refractivity contribution in [3.05, 3.63) is 28.8 Å². The summed E-state index contributed by atoms with van der Waals surface area (Å²) in [6, 6.07) is 0.789. The minimum absolute atomic E-state index is 0.250. The first-order chi connectivity index (χ1) is 8.26. The van der Waals surface area contributed by atoms with Crippen molar-refractivity contribution in [2.45, 2.75) is 24.2 Å². The number of hydrogen-bond acceptors (Lipinski definition) is 2. The highest BCUT2D eigenvalue weighted by molar-refractivity contribution is 8.13. The quantitative estimate of drug-likeness (QED) is 0.578. The van der Waals surface area contributed by atoms with Crippen LogP contribution in [0.1, 0.15) is 16.7 Å². The lowest BCUT2D eigenvalue weighted by atomic mass is 10.0. The molecule has 1 rings (SSSR count). The van der Waals surface area contributed by atoms with Crippen molar-refractivity contribution in [3.63, 3.8) is 0 Å². The third kappa shape index (κ3) is 3.33. The molecule has 0 saturated carbocycles. The third-order valence-corrected chi connectivity index (χ3v) is 3.57. The van der Waals surface area contributed by atoms with Crippen LogP contribution in [0.2, 0.25) is 0 Å². The number of alkyl halides is 6. The van der Waals surface area contributed by atoms with E-state index in [0.717, 1.165) is 6.92 Å². The molecule has 10 heteroatoms. The van der Waals surface area contributed by atoms with Crippen molar-refractivity contribution in [2.24, 2.45) is 0 Å². The zero-order valence-electron chi connectivity index (χ0n) is 9.03. The largest absolute Gasteiger partial charge is 0.417 e. The molecule has 0 aromatic heterocycles. The summed E-state index contributed by atoms with van der Waals surface area (Å²) >= 11 is 0. The van der Waals surface area contributed by atoms with Gasteiger partial charge in [0.15, 0.2) is 0 Å². The average Bonchev–Trinajstić information content (AvgIpc) is 2.11. The Morgan fingerprint density at radius 2 is 1.47 bits per heavy atom. The summed E-state index contributed by atoms with van der Waals surface area (Å²) in [6.45, 7) is 0.842. The Kier molecular flexibility index (Phi) is 3.85. The van der Waals surface area contributed by atoms with Gasteiger partial charge < -0.3 is 0 Å². The van der Waals surface area contributed by atoms with Crippen LogP contribution < -0.4 is 0 Å². The molecule has 0 aliphatic carbocycles. The second-order valence-electron chi connectivity index (χ2n) is 3.57. The van der Waals surface area contributed by atoms with Crippen LogP contribution in [0.5, 0.6) is 0 Å². The van der Waals surface area contributed by atoms with Gasteiger partial charge in [0.1, 0.15) is 4.90 Å². The highest BCUT2D eigenvalue weighted by Gasteiger charge is 2.45. The maximum atomic E-state index is 12.7.